The summed E-state index contributed by atoms with van der Waals surface area (Å²) in [7, 11) is 2.10. The lowest BCUT2D eigenvalue weighted by Crippen LogP contribution is -2.35. The highest BCUT2D eigenvalue weighted by atomic mass is 35.5. The quantitative estimate of drug-likeness (QED) is 0.813. The zero-order chi connectivity index (χ0) is 15.5. The second kappa shape index (κ2) is 6.54. The van der Waals surface area contributed by atoms with Crippen molar-refractivity contribution in [1.29, 1.82) is 0 Å². The topological polar surface area (TPSA) is 51.1 Å². The molecule has 1 saturated heterocycles. The third-order valence-corrected chi connectivity index (χ3v) is 3.90. The van der Waals surface area contributed by atoms with Crippen LogP contribution in [0.15, 0.2) is 24.4 Å². The molecule has 116 valence electrons. The third-order valence-electron chi connectivity index (χ3n) is 3.69. The average Bonchev–Trinajstić information content (AvgIpc) is 2.51. The van der Waals surface area contributed by atoms with Crippen LogP contribution in [0.25, 0.3) is 11.3 Å². The molecule has 0 unspecified atom stereocenters. The third kappa shape index (κ3) is 3.51. The van der Waals surface area contributed by atoms with E-state index in [1.54, 1.807) is 12.1 Å². The van der Waals surface area contributed by atoms with Gasteiger partial charge in [0.1, 0.15) is 17.1 Å². The summed E-state index contributed by atoms with van der Waals surface area (Å²) in [6.07, 6.45) is 3.44. The standard InChI is InChI=1S/C15H16ClFN4O/c1-21-6-4-10(5-7-21)22-15-3-2-13(19-20-15)11-9-18-14(16)8-12(11)17/h2-3,8-10H,4-7H2,1H3. The summed E-state index contributed by atoms with van der Waals surface area (Å²) in [5.74, 6) is -0.0149. The van der Waals surface area contributed by atoms with Gasteiger partial charge in [0, 0.05) is 31.4 Å². The van der Waals surface area contributed by atoms with Gasteiger partial charge in [0.25, 0.3) is 0 Å². The molecule has 3 rings (SSSR count). The monoisotopic (exact) mass is 322 g/mol. The van der Waals surface area contributed by atoms with Gasteiger partial charge in [0.15, 0.2) is 0 Å². The maximum absolute atomic E-state index is 13.8. The fraction of sp³-hybridized carbons (Fsp3) is 0.400. The summed E-state index contributed by atoms with van der Waals surface area (Å²) >= 11 is 5.64. The van der Waals surface area contributed by atoms with Crippen LogP contribution in [-0.2, 0) is 0 Å². The van der Waals surface area contributed by atoms with Crippen LogP contribution in [0.4, 0.5) is 4.39 Å². The summed E-state index contributed by atoms with van der Waals surface area (Å²) in [5.41, 5.74) is 0.667. The van der Waals surface area contributed by atoms with Crippen molar-refractivity contribution in [2.45, 2.75) is 18.9 Å². The molecule has 1 fully saturated rings. The summed E-state index contributed by atoms with van der Waals surface area (Å²) in [4.78, 5) is 6.13. The summed E-state index contributed by atoms with van der Waals surface area (Å²) < 4.78 is 19.6. The Morgan fingerprint density at radius 1 is 1.27 bits per heavy atom. The molecule has 0 radical (unpaired) electrons. The van der Waals surface area contributed by atoms with Crippen molar-refractivity contribution in [1.82, 2.24) is 20.1 Å². The molecule has 7 heteroatoms. The highest BCUT2D eigenvalue weighted by Crippen LogP contribution is 2.23. The molecular weight excluding hydrogens is 307 g/mol. The Labute approximate surface area is 133 Å². The first kappa shape index (κ1) is 15.1. The molecule has 2 aromatic heterocycles. The molecule has 1 aliphatic rings. The first-order chi connectivity index (χ1) is 10.6. The predicted molar refractivity (Wildman–Crippen MR) is 81.4 cm³/mol. The van der Waals surface area contributed by atoms with Gasteiger partial charge in [-0.2, -0.15) is 0 Å². The van der Waals surface area contributed by atoms with E-state index in [0.717, 1.165) is 32.0 Å². The lowest BCUT2D eigenvalue weighted by atomic mass is 10.1. The number of halogens is 2. The molecule has 0 amide bonds. The minimum Gasteiger partial charge on any atom is -0.473 e. The first-order valence-electron chi connectivity index (χ1n) is 7.12. The molecule has 0 aliphatic carbocycles. The van der Waals surface area contributed by atoms with Crippen LogP contribution in [0.1, 0.15) is 12.8 Å². The van der Waals surface area contributed by atoms with Crippen LogP contribution < -0.4 is 4.74 Å². The number of rotatable bonds is 3. The van der Waals surface area contributed by atoms with Gasteiger partial charge in [0.2, 0.25) is 5.88 Å². The zero-order valence-corrected chi connectivity index (χ0v) is 12.9. The van der Waals surface area contributed by atoms with Crippen molar-refractivity contribution in [3.63, 3.8) is 0 Å². The first-order valence-corrected chi connectivity index (χ1v) is 7.50. The molecule has 0 atom stereocenters. The van der Waals surface area contributed by atoms with Gasteiger partial charge >= 0.3 is 0 Å². The minimum atomic E-state index is -0.474. The Balaban J connectivity index is 1.70. The largest absolute Gasteiger partial charge is 0.473 e. The Morgan fingerprint density at radius 2 is 2.05 bits per heavy atom. The smallest absolute Gasteiger partial charge is 0.233 e. The van der Waals surface area contributed by atoms with Crippen LogP contribution in [0.5, 0.6) is 5.88 Å². The summed E-state index contributed by atoms with van der Waals surface area (Å²) in [5, 5.41) is 8.14. The molecule has 0 aromatic carbocycles. The number of likely N-dealkylation sites (tertiary alicyclic amines) is 1. The zero-order valence-electron chi connectivity index (χ0n) is 12.2. The second-order valence-corrected chi connectivity index (χ2v) is 5.75. The summed E-state index contributed by atoms with van der Waals surface area (Å²) in [6, 6.07) is 4.53. The van der Waals surface area contributed by atoms with E-state index >= 15 is 0 Å². The van der Waals surface area contributed by atoms with E-state index in [0.29, 0.717) is 11.6 Å². The van der Waals surface area contributed by atoms with Gasteiger partial charge < -0.3 is 9.64 Å². The van der Waals surface area contributed by atoms with Gasteiger partial charge in [0.05, 0.1) is 11.3 Å². The molecular formula is C15H16ClFN4O. The van der Waals surface area contributed by atoms with E-state index in [-0.39, 0.29) is 16.8 Å². The lowest BCUT2D eigenvalue weighted by Gasteiger charge is -2.28. The van der Waals surface area contributed by atoms with Gasteiger partial charge in [-0.3, -0.25) is 0 Å². The SMILES string of the molecule is CN1CCC(Oc2ccc(-c3cnc(Cl)cc3F)nn2)CC1. The van der Waals surface area contributed by atoms with Crippen molar-refractivity contribution in [2.75, 3.05) is 20.1 Å². The normalized spacial score (nSPS) is 16.7. The Morgan fingerprint density at radius 3 is 2.68 bits per heavy atom. The number of pyridine rings is 1. The number of hydrogen-bond acceptors (Lipinski definition) is 5. The van der Waals surface area contributed by atoms with E-state index in [9.17, 15) is 4.39 Å². The molecule has 5 nitrogen and oxygen atoms in total. The molecule has 0 N–H and O–H groups in total. The Kier molecular flexibility index (Phi) is 4.49. The van der Waals surface area contributed by atoms with Gasteiger partial charge in [-0.05, 0) is 26.0 Å². The van der Waals surface area contributed by atoms with Crippen molar-refractivity contribution in [2.24, 2.45) is 0 Å². The second-order valence-electron chi connectivity index (χ2n) is 5.36. The van der Waals surface area contributed by atoms with E-state index < -0.39 is 5.82 Å². The lowest BCUT2D eigenvalue weighted by molar-refractivity contribution is 0.109. The molecule has 1 aliphatic heterocycles. The van der Waals surface area contributed by atoms with Crippen LogP contribution in [0, 0.1) is 5.82 Å². The molecule has 0 saturated carbocycles. The van der Waals surface area contributed by atoms with Crippen molar-refractivity contribution in [3.8, 4) is 17.1 Å². The van der Waals surface area contributed by atoms with Crippen LogP contribution >= 0.6 is 11.6 Å². The molecule has 0 spiro atoms. The van der Waals surface area contributed by atoms with Gasteiger partial charge in [-0.25, -0.2) is 9.37 Å². The minimum absolute atomic E-state index is 0.108. The average molecular weight is 323 g/mol. The maximum Gasteiger partial charge on any atom is 0.233 e. The van der Waals surface area contributed by atoms with Gasteiger partial charge in [-0.15, -0.1) is 10.2 Å². The predicted octanol–water partition coefficient (Wildman–Crippen LogP) is 2.80. The highest BCUT2D eigenvalue weighted by Gasteiger charge is 2.18. The van der Waals surface area contributed by atoms with Crippen LogP contribution in [0.2, 0.25) is 5.15 Å². The van der Waals surface area contributed by atoms with E-state index in [1.807, 2.05) is 0 Å². The molecule has 22 heavy (non-hydrogen) atoms. The number of hydrogen-bond donors (Lipinski definition) is 0. The van der Waals surface area contributed by atoms with E-state index in [1.165, 1.54) is 6.20 Å². The number of ether oxygens (including phenoxy) is 1. The number of aromatic nitrogens is 3. The fourth-order valence-electron chi connectivity index (χ4n) is 2.40. The maximum atomic E-state index is 13.8. The van der Waals surface area contributed by atoms with E-state index in [4.69, 9.17) is 16.3 Å². The Bertz CT molecular complexity index is 644. The van der Waals surface area contributed by atoms with Crippen molar-refractivity contribution >= 4 is 11.6 Å². The van der Waals surface area contributed by atoms with E-state index in [2.05, 4.69) is 27.1 Å². The summed E-state index contributed by atoms with van der Waals surface area (Å²) in [6.45, 7) is 2.02. The molecule has 0 bridgehead atoms. The van der Waals surface area contributed by atoms with Gasteiger partial charge in [-0.1, -0.05) is 11.6 Å². The Hall–Kier alpha value is -1.79. The van der Waals surface area contributed by atoms with Crippen LogP contribution in [-0.4, -0.2) is 46.3 Å². The number of nitrogens with zero attached hydrogens (tertiary/aromatic N) is 4. The highest BCUT2D eigenvalue weighted by molar-refractivity contribution is 6.29. The number of piperidine rings is 1. The fourth-order valence-corrected chi connectivity index (χ4v) is 2.54. The molecule has 3 heterocycles. The van der Waals surface area contributed by atoms with Crippen molar-refractivity contribution < 1.29 is 9.13 Å². The van der Waals surface area contributed by atoms with Crippen molar-refractivity contribution in [3.05, 3.63) is 35.4 Å². The van der Waals surface area contributed by atoms with Crippen LogP contribution in [0.3, 0.4) is 0 Å². The molecule has 2 aromatic rings.